The quantitative estimate of drug-likeness (QED) is 0.697. The summed E-state index contributed by atoms with van der Waals surface area (Å²) in [5.41, 5.74) is 0. The van der Waals surface area contributed by atoms with Gasteiger partial charge in [0.2, 0.25) is 0 Å². The second-order valence-corrected chi connectivity index (χ2v) is 4.73. The van der Waals surface area contributed by atoms with Crippen molar-refractivity contribution in [3.63, 3.8) is 0 Å². The maximum absolute atomic E-state index is 13.0. The number of nitrogens with one attached hydrogen (secondary N) is 1. The smallest absolute Gasteiger partial charge is 0.115 e. The highest BCUT2D eigenvalue weighted by Gasteiger charge is 2.33. The first-order chi connectivity index (χ1) is 6.27. The molecule has 0 aromatic heterocycles. The molecule has 0 aliphatic heterocycles. The number of hydrogen-bond donors (Lipinski definition) is 1. The van der Waals surface area contributed by atoms with Gasteiger partial charge in [0, 0.05) is 12.1 Å². The predicted molar refractivity (Wildman–Crippen MR) is 52.5 cm³/mol. The zero-order valence-electron chi connectivity index (χ0n) is 8.43. The van der Waals surface area contributed by atoms with Crippen LogP contribution >= 0.6 is 0 Å². The highest BCUT2D eigenvalue weighted by Crippen LogP contribution is 2.29. The minimum Gasteiger partial charge on any atom is -0.308 e. The Morgan fingerprint density at radius 3 is 2.31 bits per heavy atom. The molecule has 0 spiro atoms. The number of hydrogen-bond acceptors (Lipinski definition) is 1. The van der Waals surface area contributed by atoms with Crippen molar-refractivity contribution < 1.29 is 4.39 Å². The van der Waals surface area contributed by atoms with Crippen molar-refractivity contribution in [1.82, 2.24) is 5.32 Å². The molecule has 0 aromatic rings. The topological polar surface area (TPSA) is 12.0 Å². The molecule has 4 atom stereocenters. The fraction of sp³-hybridized carbons (Fsp3) is 1.00. The fourth-order valence-electron chi connectivity index (χ4n) is 2.49. The van der Waals surface area contributed by atoms with Gasteiger partial charge in [-0.25, -0.2) is 4.39 Å². The molecule has 0 aromatic carbocycles. The van der Waals surface area contributed by atoms with Gasteiger partial charge in [0.05, 0.1) is 0 Å². The number of rotatable bonds is 2. The molecule has 0 heterocycles. The summed E-state index contributed by atoms with van der Waals surface area (Å²) < 4.78 is 13.0. The Hall–Kier alpha value is -0.110. The maximum Gasteiger partial charge on any atom is 0.115 e. The average molecular weight is 185 g/mol. The standard InChI is InChI=1S/C11H20FN/c1-8-4-2-3-5-10(8)13-11-7-6-9(11)12/h8-11,13H,2-7H2,1H3. The van der Waals surface area contributed by atoms with E-state index in [0.717, 1.165) is 18.8 Å². The molecule has 4 unspecified atom stereocenters. The lowest BCUT2D eigenvalue weighted by molar-refractivity contribution is 0.113. The van der Waals surface area contributed by atoms with E-state index in [1.165, 1.54) is 25.7 Å². The highest BCUT2D eigenvalue weighted by molar-refractivity contribution is 4.91. The Morgan fingerprint density at radius 2 is 1.77 bits per heavy atom. The molecule has 2 fully saturated rings. The lowest BCUT2D eigenvalue weighted by Crippen LogP contribution is -2.52. The van der Waals surface area contributed by atoms with Gasteiger partial charge in [0.25, 0.3) is 0 Å². The van der Waals surface area contributed by atoms with Gasteiger partial charge in [-0.2, -0.15) is 0 Å². The highest BCUT2D eigenvalue weighted by atomic mass is 19.1. The molecule has 0 radical (unpaired) electrons. The minimum absolute atomic E-state index is 0.186. The molecule has 1 N–H and O–H groups in total. The van der Waals surface area contributed by atoms with Crippen LogP contribution in [-0.2, 0) is 0 Å². The summed E-state index contributed by atoms with van der Waals surface area (Å²) >= 11 is 0. The molecule has 0 saturated heterocycles. The van der Waals surface area contributed by atoms with Crippen molar-refractivity contribution in [3.05, 3.63) is 0 Å². The van der Waals surface area contributed by atoms with Crippen LogP contribution in [0.25, 0.3) is 0 Å². The molecule has 2 aliphatic rings. The van der Waals surface area contributed by atoms with Crippen LogP contribution in [0, 0.1) is 5.92 Å². The Morgan fingerprint density at radius 1 is 1.00 bits per heavy atom. The second-order valence-electron chi connectivity index (χ2n) is 4.73. The molecule has 1 nitrogen and oxygen atoms in total. The van der Waals surface area contributed by atoms with Crippen molar-refractivity contribution in [1.29, 1.82) is 0 Å². The first kappa shape index (κ1) is 9.45. The van der Waals surface area contributed by atoms with Gasteiger partial charge in [-0.15, -0.1) is 0 Å². The normalized spacial score (nSPS) is 45.7. The van der Waals surface area contributed by atoms with E-state index >= 15 is 0 Å². The Balaban J connectivity index is 1.78. The summed E-state index contributed by atoms with van der Waals surface area (Å²) in [6, 6.07) is 0.780. The Labute approximate surface area is 80.1 Å². The van der Waals surface area contributed by atoms with Crippen molar-refractivity contribution >= 4 is 0 Å². The molecule has 76 valence electrons. The van der Waals surface area contributed by atoms with E-state index in [0.29, 0.717) is 6.04 Å². The molecular weight excluding hydrogens is 165 g/mol. The van der Waals surface area contributed by atoms with Crippen molar-refractivity contribution in [3.8, 4) is 0 Å². The van der Waals surface area contributed by atoms with Crippen molar-refractivity contribution in [2.45, 2.75) is 63.7 Å². The molecule has 2 heteroatoms. The lowest BCUT2D eigenvalue weighted by atomic mass is 9.83. The van der Waals surface area contributed by atoms with E-state index in [4.69, 9.17) is 0 Å². The van der Waals surface area contributed by atoms with E-state index in [9.17, 15) is 4.39 Å². The second kappa shape index (κ2) is 3.95. The van der Waals surface area contributed by atoms with Gasteiger partial charge >= 0.3 is 0 Å². The average Bonchev–Trinajstić information content (AvgIpc) is 2.14. The van der Waals surface area contributed by atoms with Crippen molar-refractivity contribution in [2.75, 3.05) is 0 Å². The number of halogens is 1. The summed E-state index contributed by atoms with van der Waals surface area (Å²) in [4.78, 5) is 0. The van der Waals surface area contributed by atoms with E-state index in [-0.39, 0.29) is 6.04 Å². The van der Waals surface area contributed by atoms with E-state index in [1.54, 1.807) is 0 Å². The van der Waals surface area contributed by atoms with Crippen molar-refractivity contribution in [2.24, 2.45) is 5.92 Å². The fourth-order valence-corrected chi connectivity index (χ4v) is 2.49. The van der Waals surface area contributed by atoms with Gasteiger partial charge in [-0.05, 0) is 31.6 Å². The summed E-state index contributed by atoms with van der Waals surface area (Å²) in [6.07, 6.45) is 6.53. The summed E-state index contributed by atoms with van der Waals surface area (Å²) in [7, 11) is 0. The SMILES string of the molecule is CC1CCCCC1NC1CCC1F. The van der Waals surface area contributed by atoms with Crippen LogP contribution in [0.4, 0.5) is 4.39 Å². The minimum atomic E-state index is -0.561. The molecule has 2 saturated carbocycles. The monoisotopic (exact) mass is 185 g/mol. The van der Waals surface area contributed by atoms with Gasteiger partial charge in [-0.3, -0.25) is 0 Å². The Bertz CT molecular complexity index is 171. The third kappa shape index (κ3) is 2.04. The molecule has 0 bridgehead atoms. The lowest BCUT2D eigenvalue weighted by Gasteiger charge is -2.38. The summed E-state index contributed by atoms with van der Waals surface area (Å²) in [5, 5.41) is 3.48. The molecule has 0 amide bonds. The van der Waals surface area contributed by atoms with Gasteiger partial charge in [-0.1, -0.05) is 19.8 Å². The Kier molecular flexibility index (Phi) is 2.87. The molecular formula is C11H20FN. The largest absolute Gasteiger partial charge is 0.308 e. The number of alkyl halides is 1. The van der Waals surface area contributed by atoms with Crippen LogP contribution < -0.4 is 5.32 Å². The van der Waals surface area contributed by atoms with Crippen LogP contribution in [0.15, 0.2) is 0 Å². The first-order valence-corrected chi connectivity index (χ1v) is 5.67. The van der Waals surface area contributed by atoms with Crippen LogP contribution in [0.3, 0.4) is 0 Å². The van der Waals surface area contributed by atoms with Gasteiger partial charge in [0.15, 0.2) is 0 Å². The predicted octanol–water partition coefficient (Wildman–Crippen LogP) is 2.66. The van der Waals surface area contributed by atoms with E-state index < -0.39 is 6.17 Å². The zero-order chi connectivity index (χ0) is 9.26. The maximum atomic E-state index is 13.0. The third-order valence-electron chi connectivity index (χ3n) is 3.73. The van der Waals surface area contributed by atoms with Crippen LogP contribution in [0.5, 0.6) is 0 Å². The zero-order valence-corrected chi connectivity index (χ0v) is 8.43. The molecule has 13 heavy (non-hydrogen) atoms. The van der Waals surface area contributed by atoms with Crippen LogP contribution in [-0.4, -0.2) is 18.3 Å². The van der Waals surface area contributed by atoms with Crippen LogP contribution in [0.2, 0.25) is 0 Å². The van der Waals surface area contributed by atoms with Gasteiger partial charge in [0.1, 0.15) is 6.17 Å². The summed E-state index contributed by atoms with van der Waals surface area (Å²) in [6.45, 7) is 2.29. The molecule has 2 aliphatic carbocycles. The van der Waals surface area contributed by atoms with Gasteiger partial charge < -0.3 is 5.32 Å². The summed E-state index contributed by atoms with van der Waals surface area (Å²) in [5.74, 6) is 0.751. The van der Waals surface area contributed by atoms with E-state index in [1.807, 2.05) is 0 Å². The first-order valence-electron chi connectivity index (χ1n) is 5.67. The van der Waals surface area contributed by atoms with E-state index in [2.05, 4.69) is 12.2 Å². The third-order valence-corrected chi connectivity index (χ3v) is 3.73. The molecule has 2 rings (SSSR count). The van der Waals surface area contributed by atoms with Crippen LogP contribution in [0.1, 0.15) is 45.4 Å².